The van der Waals surface area contributed by atoms with Gasteiger partial charge in [-0.05, 0) is 56.2 Å². The molecule has 0 atom stereocenters. The fraction of sp³-hybridized carbons (Fsp3) is 0.364. The van der Waals surface area contributed by atoms with E-state index in [4.69, 9.17) is 4.74 Å². The molecule has 1 aliphatic rings. The van der Waals surface area contributed by atoms with Gasteiger partial charge in [0.15, 0.2) is 0 Å². The van der Waals surface area contributed by atoms with Gasteiger partial charge in [0.1, 0.15) is 0 Å². The summed E-state index contributed by atoms with van der Waals surface area (Å²) in [4.78, 5) is 26.1. The van der Waals surface area contributed by atoms with Crippen molar-refractivity contribution in [3.05, 3.63) is 60.2 Å². The SMILES string of the molecule is CCOC(=O)N1CCC(NC(=O)c2ccc(S(=O)(=O)N(C)c3ccccc3)cc2)CC1. The first-order chi connectivity index (χ1) is 14.8. The molecule has 1 saturated heterocycles. The average Bonchev–Trinajstić information content (AvgIpc) is 2.79. The maximum absolute atomic E-state index is 12.8. The molecular weight excluding hydrogens is 418 g/mol. The van der Waals surface area contributed by atoms with E-state index >= 15 is 0 Å². The van der Waals surface area contributed by atoms with Crippen LogP contribution in [0.3, 0.4) is 0 Å². The third-order valence-electron chi connectivity index (χ3n) is 5.25. The fourth-order valence-electron chi connectivity index (χ4n) is 3.40. The van der Waals surface area contributed by atoms with E-state index in [9.17, 15) is 18.0 Å². The van der Waals surface area contributed by atoms with Crippen molar-refractivity contribution in [1.29, 1.82) is 0 Å². The lowest BCUT2D eigenvalue weighted by atomic mass is 10.0. The van der Waals surface area contributed by atoms with Crippen molar-refractivity contribution in [2.24, 2.45) is 0 Å². The van der Waals surface area contributed by atoms with Crippen LogP contribution in [-0.4, -0.2) is 58.1 Å². The number of carbonyl (C=O) groups is 2. The van der Waals surface area contributed by atoms with Crippen LogP contribution in [0.25, 0.3) is 0 Å². The molecule has 166 valence electrons. The molecule has 2 aromatic carbocycles. The van der Waals surface area contributed by atoms with Crippen LogP contribution in [0.15, 0.2) is 59.5 Å². The lowest BCUT2D eigenvalue weighted by Crippen LogP contribution is -2.46. The molecule has 3 rings (SSSR count). The summed E-state index contributed by atoms with van der Waals surface area (Å²) in [6.07, 6.45) is 0.946. The average molecular weight is 446 g/mol. The third-order valence-corrected chi connectivity index (χ3v) is 7.05. The molecule has 0 spiro atoms. The molecule has 0 unspecified atom stereocenters. The minimum Gasteiger partial charge on any atom is -0.450 e. The van der Waals surface area contributed by atoms with Crippen LogP contribution in [0.2, 0.25) is 0 Å². The summed E-state index contributed by atoms with van der Waals surface area (Å²) in [6, 6.07) is 14.6. The number of ether oxygens (including phenoxy) is 1. The number of anilines is 1. The summed E-state index contributed by atoms with van der Waals surface area (Å²) in [5.74, 6) is -0.269. The monoisotopic (exact) mass is 445 g/mol. The molecule has 8 nitrogen and oxygen atoms in total. The van der Waals surface area contributed by atoms with Gasteiger partial charge in [0, 0.05) is 31.7 Å². The second-order valence-electron chi connectivity index (χ2n) is 7.27. The summed E-state index contributed by atoms with van der Waals surface area (Å²) in [5, 5.41) is 2.96. The highest BCUT2D eigenvalue weighted by Crippen LogP contribution is 2.22. The summed E-state index contributed by atoms with van der Waals surface area (Å²) in [7, 11) is -2.23. The Kier molecular flexibility index (Phi) is 7.17. The first-order valence-electron chi connectivity index (χ1n) is 10.2. The Morgan fingerprint density at radius 1 is 1.06 bits per heavy atom. The second-order valence-corrected chi connectivity index (χ2v) is 9.24. The number of sulfonamides is 1. The number of likely N-dealkylation sites (tertiary alicyclic amines) is 1. The lowest BCUT2D eigenvalue weighted by molar-refractivity contribution is 0.0860. The number of carbonyl (C=O) groups excluding carboxylic acids is 2. The predicted molar refractivity (Wildman–Crippen MR) is 118 cm³/mol. The van der Waals surface area contributed by atoms with E-state index in [1.54, 1.807) is 36.1 Å². The van der Waals surface area contributed by atoms with Crippen LogP contribution in [-0.2, 0) is 14.8 Å². The number of benzene rings is 2. The van der Waals surface area contributed by atoms with Crippen molar-refractivity contribution in [2.45, 2.75) is 30.7 Å². The van der Waals surface area contributed by atoms with E-state index in [0.29, 0.717) is 43.8 Å². The largest absolute Gasteiger partial charge is 0.450 e. The Balaban J connectivity index is 1.60. The highest BCUT2D eigenvalue weighted by Gasteiger charge is 2.25. The zero-order valence-electron chi connectivity index (χ0n) is 17.7. The maximum Gasteiger partial charge on any atom is 0.409 e. The van der Waals surface area contributed by atoms with E-state index in [-0.39, 0.29) is 22.9 Å². The van der Waals surface area contributed by atoms with Gasteiger partial charge in [-0.15, -0.1) is 0 Å². The number of nitrogens with zero attached hydrogens (tertiary/aromatic N) is 2. The highest BCUT2D eigenvalue weighted by atomic mass is 32.2. The molecule has 1 fully saturated rings. The molecule has 31 heavy (non-hydrogen) atoms. The van der Waals surface area contributed by atoms with E-state index in [0.717, 1.165) is 0 Å². The molecule has 0 aromatic heterocycles. The maximum atomic E-state index is 12.8. The van der Waals surface area contributed by atoms with Crippen LogP contribution >= 0.6 is 0 Å². The van der Waals surface area contributed by atoms with Crippen molar-refractivity contribution in [3.8, 4) is 0 Å². The second kappa shape index (κ2) is 9.82. The van der Waals surface area contributed by atoms with Gasteiger partial charge in [-0.3, -0.25) is 9.10 Å². The van der Waals surface area contributed by atoms with E-state index in [1.165, 1.54) is 35.6 Å². The van der Waals surface area contributed by atoms with Gasteiger partial charge in [-0.25, -0.2) is 13.2 Å². The van der Waals surface area contributed by atoms with E-state index < -0.39 is 10.0 Å². The molecule has 0 aliphatic carbocycles. The molecule has 1 heterocycles. The topological polar surface area (TPSA) is 96.0 Å². The van der Waals surface area contributed by atoms with Gasteiger partial charge in [-0.1, -0.05) is 18.2 Å². The normalized spacial score (nSPS) is 14.7. The van der Waals surface area contributed by atoms with Crippen LogP contribution in [0.1, 0.15) is 30.1 Å². The van der Waals surface area contributed by atoms with Crippen LogP contribution in [0, 0.1) is 0 Å². The molecule has 0 saturated carbocycles. The van der Waals surface area contributed by atoms with Gasteiger partial charge in [0.25, 0.3) is 15.9 Å². The number of piperidine rings is 1. The summed E-state index contributed by atoms with van der Waals surface area (Å²) in [6.45, 7) is 3.14. The minimum absolute atomic E-state index is 0.0502. The molecule has 1 N–H and O–H groups in total. The molecule has 2 amide bonds. The number of hydrogen-bond donors (Lipinski definition) is 1. The Bertz CT molecular complexity index is 1000. The number of nitrogens with one attached hydrogen (secondary N) is 1. The summed E-state index contributed by atoms with van der Waals surface area (Å²) < 4.78 is 31.9. The van der Waals surface area contributed by atoms with Gasteiger partial charge in [0.05, 0.1) is 17.2 Å². The quantitative estimate of drug-likeness (QED) is 0.738. The molecule has 2 aromatic rings. The lowest BCUT2D eigenvalue weighted by Gasteiger charge is -2.31. The number of para-hydroxylation sites is 1. The molecule has 0 radical (unpaired) electrons. The Labute approximate surface area is 182 Å². The van der Waals surface area contributed by atoms with Crippen molar-refractivity contribution in [3.63, 3.8) is 0 Å². The Hall–Kier alpha value is -3.07. The first kappa shape index (κ1) is 22.6. The molecule has 9 heteroatoms. The first-order valence-corrected chi connectivity index (χ1v) is 11.6. The zero-order valence-corrected chi connectivity index (χ0v) is 18.5. The van der Waals surface area contributed by atoms with Crippen molar-refractivity contribution in [2.75, 3.05) is 31.0 Å². The van der Waals surface area contributed by atoms with Crippen LogP contribution in [0.5, 0.6) is 0 Å². The third kappa shape index (κ3) is 5.35. The van der Waals surface area contributed by atoms with Gasteiger partial charge in [-0.2, -0.15) is 0 Å². The van der Waals surface area contributed by atoms with Crippen molar-refractivity contribution >= 4 is 27.7 Å². The van der Waals surface area contributed by atoms with E-state index in [1.807, 2.05) is 6.07 Å². The highest BCUT2D eigenvalue weighted by molar-refractivity contribution is 7.92. The Morgan fingerprint density at radius 2 is 1.68 bits per heavy atom. The van der Waals surface area contributed by atoms with Gasteiger partial charge >= 0.3 is 6.09 Å². The molecule has 0 bridgehead atoms. The summed E-state index contributed by atoms with van der Waals surface area (Å²) >= 11 is 0. The summed E-state index contributed by atoms with van der Waals surface area (Å²) in [5.41, 5.74) is 0.938. The molecule has 1 aliphatic heterocycles. The van der Waals surface area contributed by atoms with E-state index in [2.05, 4.69) is 5.32 Å². The number of rotatable bonds is 6. The fourth-order valence-corrected chi connectivity index (χ4v) is 4.60. The number of amides is 2. The minimum atomic E-state index is -3.73. The zero-order chi connectivity index (χ0) is 22.4. The standard InChI is InChI=1S/C22H27N3O5S/c1-3-30-22(27)25-15-13-18(14-16-25)23-21(26)17-9-11-20(12-10-17)31(28,29)24(2)19-7-5-4-6-8-19/h4-12,18H,3,13-16H2,1-2H3,(H,23,26). The van der Waals surface area contributed by atoms with Crippen LogP contribution < -0.4 is 9.62 Å². The molecular formula is C22H27N3O5S. The number of hydrogen-bond acceptors (Lipinski definition) is 5. The van der Waals surface area contributed by atoms with Gasteiger partial charge in [0.2, 0.25) is 0 Å². The van der Waals surface area contributed by atoms with Gasteiger partial charge < -0.3 is 15.0 Å². The van der Waals surface area contributed by atoms with Crippen molar-refractivity contribution in [1.82, 2.24) is 10.2 Å². The smallest absolute Gasteiger partial charge is 0.409 e. The predicted octanol–water partition coefficient (Wildman–Crippen LogP) is 2.86. The van der Waals surface area contributed by atoms with Crippen LogP contribution in [0.4, 0.5) is 10.5 Å². The Morgan fingerprint density at radius 3 is 2.26 bits per heavy atom. The van der Waals surface area contributed by atoms with Crippen molar-refractivity contribution < 1.29 is 22.7 Å².